The zero-order valence-electron chi connectivity index (χ0n) is 7.22. The summed E-state index contributed by atoms with van der Waals surface area (Å²) in [7, 11) is 0. The molecule has 62 valence electrons. The second-order valence-electron chi connectivity index (χ2n) is 3.12. The molecule has 2 nitrogen and oxygen atoms in total. The molecule has 0 atom stereocenters. The molecule has 2 heteroatoms. The molecule has 1 aliphatic heterocycles. The third-order valence-corrected chi connectivity index (χ3v) is 1.88. The number of nitrogens with one attached hydrogen (secondary N) is 2. The predicted octanol–water partition coefficient (Wildman–Crippen LogP) is 1.23. The van der Waals surface area contributed by atoms with Gasteiger partial charge in [-0.25, -0.2) is 0 Å². The number of hydrogen-bond acceptors (Lipinski definition) is 2. The molecule has 0 saturated carbocycles. The van der Waals surface area contributed by atoms with Crippen molar-refractivity contribution in [1.82, 2.24) is 10.6 Å². The fourth-order valence-electron chi connectivity index (χ4n) is 1.10. The van der Waals surface area contributed by atoms with Gasteiger partial charge in [0.1, 0.15) is 0 Å². The maximum absolute atomic E-state index is 3.33. The minimum Gasteiger partial charge on any atom is -0.368 e. The topological polar surface area (TPSA) is 24.1 Å². The van der Waals surface area contributed by atoms with Crippen molar-refractivity contribution in [3.8, 4) is 0 Å². The Morgan fingerprint density at radius 1 is 1.36 bits per heavy atom. The average Bonchev–Trinajstić information content (AvgIpc) is 2.03. The van der Waals surface area contributed by atoms with E-state index in [2.05, 4.69) is 36.6 Å². The van der Waals surface area contributed by atoms with Gasteiger partial charge >= 0.3 is 0 Å². The van der Waals surface area contributed by atoms with Crippen LogP contribution in [0, 0.1) is 5.41 Å². The van der Waals surface area contributed by atoms with Gasteiger partial charge in [-0.1, -0.05) is 26.0 Å². The van der Waals surface area contributed by atoms with Crippen LogP contribution in [0.2, 0.25) is 0 Å². The maximum Gasteiger partial charge on any atom is 0.0192 e. The molecule has 2 N–H and O–H groups in total. The van der Waals surface area contributed by atoms with Crippen LogP contribution < -0.4 is 10.6 Å². The van der Waals surface area contributed by atoms with Gasteiger partial charge in [0, 0.05) is 12.0 Å². The Kier molecular flexibility index (Phi) is 2.71. The summed E-state index contributed by atoms with van der Waals surface area (Å²) in [6.45, 7) is 6.38. The molecule has 0 aromatic carbocycles. The Bertz CT molecular complexity index is 158. The molecule has 0 bridgehead atoms. The van der Waals surface area contributed by atoms with Gasteiger partial charge in [-0.05, 0) is 18.9 Å². The van der Waals surface area contributed by atoms with E-state index in [1.165, 1.54) is 0 Å². The monoisotopic (exact) mass is 152 g/mol. The molecule has 0 fully saturated rings. The highest BCUT2D eigenvalue weighted by molar-refractivity contribution is 5.14. The minimum atomic E-state index is 0.196. The number of hydrogen-bond donors (Lipinski definition) is 2. The van der Waals surface area contributed by atoms with Crippen LogP contribution in [0.25, 0.3) is 0 Å². The largest absolute Gasteiger partial charge is 0.368 e. The average molecular weight is 152 g/mol. The highest BCUT2D eigenvalue weighted by atomic mass is 14.9. The fourth-order valence-corrected chi connectivity index (χ4v) is 1.10. The second kappa shape index (κ2) is 3.58. The Morgan fingerprint density at radius 2 is 2.00 bits per heavy atom. The first-order chi connectivity index (χ1) is 5.27. The summed E-state index contributed by atoms with van der Waals surface area (Å²) in [6, 6.07) is 0. The van der Waals surface area contributed by atoms with Gasteiger partial charge in [0.05, 0.1) is 0 Å². The standard InChI is InChI=1S/C9H16N2/c1-3-10-8-9(2)4-6-11-7-5-9/h4-7,10-11H,3,8H2,1-2H3. The van der Waals surface area contributed by atoms with Crippen molar-refractivity contribution in [3.05, 3.63) is 24.6 Å². The lowest BCUT2D eigenvalue weighted by molar-refractivity contribution is 0.487. The zero-order valence-corrected chi connectivity index (χ0v) is 7.22. The smallest absolute Gasteiger partial charge is 0.0192 e. The van der Waals surface area contributed by atoms with E-state index in [9.17, 15) is 0 Å². The summed E-state index contributed by atoms with van der Waals surface area (Å²) < 4.78 is 0. The van der Waals surface area contributed by atoms with Gasteiger partial charge < -0.3 is 10.6 Å². The van der Waals surface area contributed by atoms with Crippen LogP contribution in [0.4, 0.5) is 0 Å². The van der Waals surface area contributed by atoms with Crippen molar-refractivity contribution in [2.24, 2.45) is 5.41 Å². The van der Waals surface area contributed by atoms with Gasteiger partial charge in [-0.3, -0.25) is 0 Å². The van der Waals surface area contributed by atoms with Crippen molar-refractivity contribution in [1.29, 1.82) is 0 Å². The van der Waals surface area contributed by atoms with E-state index in [4.69, 9.17) is 0 Å². The Hall–Kier alpha value is -0.760. The lowest BCUT2D eigenvalue weighted by Gasteiger charge is -2.24. The number of dihydropyridines is 1. The molecule has 0 amide bonds. The van der Waals surface area contributed by atoms with E-state index in [0.29, 0.717) is 0 Å². The van der Waals surface area contributed by atoms with Crippen molar-refractivity contribution in [2.45, 2.75) is 13.8 Å². The molecule has 0 unspecified atom stereocenters. The van der Waals surface area contributed by atoms with Crippen LogP contribution in [0.5, 0.6) is 0 Å². The van der Waals surface area contributed by atoms with E-state index in [-0.39, 0.29) is 5.41 Å². The van der Waals surface area contributed by atoms with Crippen LogP contribution in [0.3, 0.4) is 0 Å². The Balaban J connectivity index is 2.44. The molecule has 1 heterocycles. The molecule has 0 spiro atoms. The van der Waals surface area contributed by atoms with E-state index < -0.39 is 0 Å². The van der Waals surface area contributed by atoms with E-state index >= 15 is 0 Å². The molecule has 0 radical (unpaired) electrons. The molecule has 0 aromatic heterocycles. The summed E-state index contributed by atoms with van der Waals surface area (Å²) in [5.74, 6) is 0. The molecule has 1 aliphatic rings. The first-order valence-corrected chi connectivity index (χ1v) is 4.09. The first-order valence-electron chi connectivity index (χ1n) is 4.09. The van der Waals surface area contributed by atoms with Crippen molar-refractivity contribution < 1.29 is 0 Å². The molecule has 11 heavy (non-hydrogen) atoms. The van der Waals surface area contributed by atoms with E-state index in [1.807, 2.05) is 12.4 Å². The maximum atomic E-state index is 3.33. The normalized spacial score (nSPS) is 19.8. The molecular weight excluding hydrogens is 136 g/mol. The first kappa shape index (κ1) is 8.34. The zero-order chi connectivity index (χ0) is 8.16. The Morgan fingerprint density at radius 3 is 2.55 bits per heavy atom. The molecule has 1 rings (SSSR count). The summed E-state index contributed by atoms with van der Waals surface area (Å²) in [5.41, 5.74) is 0.196. The van der Waals surface area contributed by atoms with Gasteiger partial charge in [0.25, 0.3) is 0 Å². The Labute approximate surface area is 68.4 Å². The quantitative estimate of drug-likeness (QED) is 0.635. The van der Waals surface area contributed by atoms with E-state index in [0.717, 1.165) is 13.1 Å². The van der Waals surface area contributed by atoms with Crippen LogP contribution in [0.15, 0.2) is 24.6 Å². The fraction of sp³-hybridized carbons (Fsp3) is 0.556. The van der Waals surface area contributed by atoms with Crippen LogP contribution in [-0.2, 0) is 0 Å². The van der Waals surface area contributed by atoms with Crippen LogP contribution >= 0.6 is 0 Å². The summed E-state index contributed by atoms with van der Waals surface area (Å²) >= 11 is 0. The molecule has 0 aromatic rings. The van der Waals surface area contributed by atoms with Crippen molar-refractivity contribution in [2.75, 3.05) is 13.1 Å². The third-order valence-electron chi connectivity index (χ3n) is 1.88. The lowest BCUT2D eigenvalue weighted by Crippen LogP contribution is -2.30. The SMILES string of the molecule is CCNCC1(C)C=CNC=C1. The van der Waals surface area contributed by atoms with Gasteiger partial charge in [-0.2, -0.15) is 0 Å². The van der Waals surface area contributed by atoms with Crippen molar-refractivity contribution in [3.63, 3.8) is 0 Å². The van der Waals surface area contributed by atoms with Crippen LogP contribution in [0.1, 0.15) is 13.8 Å². The van der Waals surface area contributed by atoms with Gasteiger partial charge in [0.2, 0.25) is 0 Å². The van der Waals surface area contributed by atoms with Gasteiger partial charge in [-0.15, -0.1) is 0 Å². The summed E-state index contributed by atoms with van der Waals surface area (Å²) in [5, 5.41) is 6.36. The second-order valence-corrected chi connectivity index (χ2v) is 3.12. The highest BCUT2D eigenvalue weighted by Gasteiger charge is 2.17. The number of rotatable bonds is 3. The summed E-state index contributed by atoms with van der Waals surface area (Å²) in [6.07, 6.45) is 8.32. The molecule has 0 saturated heterocycles. The summed E-state index contributed by atoms with van der Waals surface area (Å²) in [4.78, 5) is 0. The predicted molar refractivity (Wildman–Crippen MR) is 48.1 cm³/mol. The third kappa shape index (κ3) is 2.39. The highest BCUT2D eigenvalue weighted by Crippen LogP contribution is 2.20. The minimum absolute atomic E-state index is 0.196. The van der Waals surface area contributed by atoms with Gasteiger partial charge in [0.15, 0.2) is 0 Å². The molecule has 0 aliphatic carbocycles. The molecular formula is C9H16N2. The van der Waals surface area contributed by atoms with Crippen molar-refractivity contribution >= 4 is 0 Å². The van der Waals surface area contributed by atoms with Crippen LogP contribution in [-0.4, -0.2) is 13.1 Å². The van der Waals surface area contributed by atoms with E-state index in [1.54, 1.807) is 0 Å². The lowest BCUT2D eigenvalue weighted by atomic mass is 9.89.